The Morgan fingerprint density at radius 3 is 3.00 bits per heavy atom. The largest absolute Gasteiger partial charge is 0.492 e. The van der Waals surface area contributed by atoms with Gasteiger partial charge in [-0.05, 0) is 48.9 Å². The zero-order chi connectivity index (χ0) is 17.8. The molecule has 0 amide bonds. The van der Waals surface area contributed by atoms with E-state index in [1.54, 1.807) is 7.11 Å². The van der Waals surface area contributed by atoms with Crippen molar-refractivity contribution in [3.8, 4) is 17.2 Å². The number of halogens is 1. The van der Waals surface area contributed by atoms with E-state index in [9.17, 15) is 4.39 Å². The molecule has 5 nitrogen and oxygen atoms in total. The average molecular weight is 354 g/mol. The molecule has 3 aromatic rings. The van der Waals surface area contributed by atoms with Crippen molar-refractivity contribution >= 4 is 10.9 Å². The highest BCUT2D eigenvalue weighted by atomic mass is 19.1. The van der Waals surface area contributed by atoms with E-state index in [4.69, 9.17) is 14.2 Å². The maximum atomic E-state index is 13.6. The van der Waals surface area contributed by atoms with Crippen molar-refractivity contribution in [2.24, 2.45) is 0 Å². The van der Waals surface area contributed by atoms with E-state index in [0.717, 1.165) is 46.5 Å². The molecular formula is C20H19FN2O3. The Morgan fingerprint density at radius 2 is 2.15 bits per heavy atom. The van der Waals surface area contributed by atoms with Gasteiger partial charge in [-0.3, -0.25) is 4.90 Å². The minimum atomic E-state index is -0.246. The van der Waals surface area contributed by atoms with Crippen molar-refractivity contribution in [1.29, 1.82) is 0 Å². The zero-order valence-electron chi connectivity index (χ0n) is 14.6. The van der Waals surface area contributed by atoms with Gasteiger partial charge in [0.25, 0.3) is 0 Å². The summed E-state index contributed by atoms with van der Waals surface area (Å²) in [5.41, 5.74) is 4.18. The lowest BCUT2D eigenvalue weighted by molar-refractivity contribution is 0.171. The van der Waals surface area contributed by atoms with Gasteiger partial charge in [0.1, 0.15) is 5.82 Å². The van der Waals surface area contributed by atoms with Crippen molar-refractivity contribution in [2.75, 3.05) is 27.5 Å². The van der Waals surface area contributed by atoms with E-state index in [2.05, 4.69) is 23.0 Å². The number of aromatic nitrogens is 1. The Bertz CT molecular complexity index is 1010. The second kappa shape index (κ2) is 5.64. The molecule has 1 N–H and O–H groups in total. The molecule has 6 heteroatoms. The summed E-state index contributed by atoms with van der Waals surface area (Å²) in [6.45, 7) is 1.12. The first-order chi connectivity index (χ1) is 12.7. The molecule has 1 aromatic heterocycles. The predicted octanol–water partition coefficient (Wildman–Crippen LogP) is 3.62. The van der Waals surface area contributed by atoms with Gasteiger partial charge in [0, 0.05) is 29.2 Å². The zero-order valence-corrected chi connectivity index (χ0v) is 14.6. The van der Waals surface area contributed by atoms with Crippen LogP contribution in [0, 0.1) is 5.82 Å². The number of aromatic amines is 1. The number of H-pyrrole nitrogens is 1. The van der Waals surface area contributed by atoms with Crippen LogP contribution in [0.4, 0.5) is 4.39 Å². The lowest BCUT2D eigenvalue weighted by Crippen LogP contribution is -2.33. The maximum absolute atomic E-state index is 13.6. The minimum Gasteiger partial charge on any atom is -0.492 e. The molecule has 0 bridgehead atoms. The number of likely N-dealkylation sites (N-methyl/N-ethyl adjacent to an activating group) is 1. The monoisotopic (exact) mass is 354 g/mol. The lowest BCUT2D eigenvalue weighted by atomic mass is 9.87. The van der Waals surface area contributed by atoms with Gasteiger partial charge in [0.05, 0.1) is 13.2 Å². The molecule has 134 valence electrons. The number of benzene rings is 2. The van der Waals surface area contributed by atoms with Gasteiger partial charge in [-0.2, -0.15) is 0 Å². The van der Waals surface area contributed by atoms with Crippen LogP contribution in [0.1, 0.15) is 22.7 Å². The molecule has 0 saturated carbocycles. The van der Waals surface area contributed by atoms with Crippen molar-refractivity contribution in [3.63, 3.8) is 0 Å². The van der Waals surface area contributed by atoms with Gasteiger partial charge >= 0.3 is 0 Å². The number of nitrogens with zero attached hydrogens (tertiary/aromatic N) is 1. The van der Waals surface area contributed by atoms with E-state index >= 15 is 0 Å². The third-order valence-electron chi connectivity index (χ3n) is 5.37. The normalized spacial score (nSPS) is 19.0. The van der Waals surface area contributed by atoms with Gasteiger partial charge in [0.15, 0.2) is 11.5 Å². The Hall–Kier alpha value is -2.73. The number of fused-ring (bicyclic) bond motifs is 3. The van der Waals surface area contributed by atoms with Crippen LogP contribution in [0.5, 0.6) is 17.2 Å². The van der Waals surface area contributed by atoms with Gasteiger partial charge in [0.2, 0.25) is 12.5 Å². The van der Waals surface area contributed by atoms with Crippen molar-refractivity contribution < 1.29 is 18.6 Å². The Kier molecular flexibility index (Phi) is 3.37. The molecule has 0 radical (unpaired) electrons. The van der Waals surface area contributed by atoms with Crippen molar-refractivity contribution in [3.05, 3.63) is 53.0 Å². The second-order valence-corrected chi connectivity index (χ2v) is 6.78. The number of ether oxygens (including phenoxy) is 3. The first-order valence-corrected chi connectivity index (χ1v) is 8.63. The van der Waals surface area contributed by atoms with E-state index in [1.807, 2.05) is 12.3 Å². The highest BCUT2D eigenvalue weighted by Gasteiger charge is 2.35. The van der Waals surface area contributed by atoms with E-state index < -0.39 is 0 Å². The molecule has 0 saturated heterocycles. The molecule has 0 spiro atoms. The van der Waals surface area contributed by atoms with Crippen molar-refractivity contribution in [1.82, 2.24) is 9.88 Å². The van der Waals surface area contributed by atoms with Crippen LogP contribution in [0.2, 0.25) is 0 Å². The van der Waals surface area contributed by atoms with Crippen LogP contribution in [-0.2, 0) is 6.42 Å². The number of rotatable bonds is 2. The van der Waals surface area contributed by atoms with Crippen LogP contribution in [0.15, 0.2) is 30.5 Å². The summed E-state index contributed by atoms with van der Waals surface area (Å²) in [5, 5.41) is 1.01. The van der Waals surface area contributed by atoms with Crippen LogP contribution < -0.4 is 14.2 Å². The van der Waals surface area contributed by atoms with Gasteiger partial charge in [-0.15, -0.1) is 0 Å². The standard InChI is InChI=1S/C20H19FN2O3/c1-23-6-5-11-7-16-19(26-10-25-16)20(24-2)17(11)18(23)14-9-22-15-8-12(21)3-4-13(14)15/h3-4,7-9,18,22H,5-6,10H2,1-2H3. The van der Waals surface area contributed by atoms with Gasteiger partial charge < -0.3 is 19.2 Å². The first-order valence-electron chi connectivity index (χ1n) is 8.63. The molecule has 2 aliphatic rings. The molecule has 0 aliphatic carbocycles. The second-order valence-electron chi connectivity index (χ2n) is 6.78. The first kappa shape index (κ1) is 15.5. The smallest absolute Gasteiger partial charge is 0.231 e. The summed E-state index contributed by atoms with van der Waals surface area (Å²) in [7, 11) is 3.76. The number of nitrogens with one attached hydrogen (secondary N) is 1. The third-order valence-corrected chi connectivity index (χ3v) is 5.37. The SMILES string of the molecule is COc1c2c(cc3c1C(c1c[nH]c4cc(F)ccc14)N(C)CC3)OCO2. The summed E-state index contributed by atoms with van der Waals surface area (Å²) >= 11 is 0. The molecule has 1 unspecified atom stereocenters. The Morgan fingerprint density at radius 1 is 1.27 bits per heavy atom. The van der Waals surface area contributed by atoms with Crippen molar-refractivity contribution in [2.45, 2.75) is 12.5 Å². The van der Waals surface area contributed by atoms with Crippen LogP contribution >= 0.6 is 0 Å². The fraction of sp³-hybridized carbons (Fsp3) is 0.300. The summed E-state index contributed by atoms with van der Waals surface area (Å²) in [5.74, 6) is 1.88. The van der Waals surface area contributed by atoms with E-state index in [1.165, 1.54) is 17.7 Å². The average Bonchev–Trinajstić information content (AvgIpc) is 3.26. The lowest BCUT2D eigenvalue weighted by Gasteiger charge is -2.35. The summed E-state index contributed by atoms with van der Waals surface area (Å²) < 4.78 is 30.6. The fourth-order valence-electron chi connectivity index (χ4n) is 4.17. The number of hydrogen-bond donors (Lipinski definition) is 1. The summed E-state index contributed by atoms with van der Waals surface area (Å²) in [4.78, 5) is 5.49. The fourth-order valence-corrected chi connectivity index (χ4v) is 4.17. The van der Waals surface area contributed by atoms with Crippen LogP contribution in [-0.4, -0.2) is 37.4 Å². The molecule has 26 heavy (non-hydrogen) atoms. The third kappa shape index (κ3) is 2.12. The van der Waals surface area contributed by atoms with E-state index in [0.29, 0.717) is 5.75 Å². The Labute approximate surface area is 150 Å². The summed E-state index contributed by atoms with van der Waals surface area (Å²) in [6, 6.07) is 6.91. The van der Waals surface area contributed by atoms with E-state index in [-0.39, 0.29) is 18.7 Å². The molecule has 0 fully saturated rings. The Balaban J connectivity index is 1.76. The quantitative estimate of drug-likeness (QED) is 0.764. The highest BCUT2D eigenvalue weighted by molar-refractivity contribution is 5.84. The molecular weight excluding hydrogens is 335 g/mol. The number of hydrogen-bond acceptors (Lipinski definition) is 4. The maximum Gasteiger partial charge on any atom is 0.231 e. The van der Waals surface area contributed by atoms with Gasteiger partial charge in [-0.25, -0.2) is 4.39 Å². The topological polar surface area (TPSA) is 46.7 Å². The highest BCUT2D eigenvalue weighted by Crippen LogP contribution is 2.51. The van der Waals surface area contributed by atoms with Crippen LogP contribution in [0.3, 0.4) is 0 Å². The minimum absolute atomic E-state index is 0.0117. The molecule has 2 aromatic carbocycles. The molecule has 1 atom stereocenters. The predicted molar refractivity (Wildman–Crippen MR) is 95.6 cm³/mol. The molecule has 2 aliphatic heterocycles. The molecule has 3 heterocycles. The van der Waals surface area contributed by atoms with Gasteiger partial charge in [-0.1, -0.05) is 0 Å². The number of methoxy groups -OCH3 is 1. The van der Waals surface area contributed by atoms with Crippen LogP contribution in [0.25, 0.3) is 10.9 Å². The summed E-state index contributed by atoms with van der Waals surface area (Å²) in [6.07, 6.45) is 2.87. The molecule has 5 rings (SSSR count).